The standard InChI is InChI=1S/C44H82NO8P/c1-6-8-10-12-14-16-18-20-21-22-23-25-27-29-31-33-35-37-44(47)53-42(41-52-54(48,49)51-39-38-45(3,4)5)40-50-43(46)36-34-32-30-28-26-24-19-17-15-13-11-9-7-2/h14,16-17,19-21,42H,6-13,15,18,22-41H2,1-5H3/p+1/b16-14-,19-17-,21-20-. The number of phosphoric acid groups is 1. The maximum absolute atomic E-state index is 12.7. The summed E-state index contributed by atoms with van der Waals surface area (Å²) >= 11 is 0. The lowest BCUT2D eigenvalue weighted by atomic mass is 10.1. The minimum atomic E-state index is -4.38. The van der Waals surface area contributed by atoms with Crippen LogP contribution in [-0.2, 0) is 32.7 Å². The number of quaternary nitrogens is 1. The smallest absolute Gasteiger partial charge is 0.462 e. The SMILES string of the molecule is CCCCC/C=C\C/C=C\CCCCCCCCCC(=O)OC(COC(=O)CCCCCCC/C=C\CCCCCC)COP(=O)(O)OCC[N+](C)(C)C. The van der Waals surface area contributed by atoms with E-state index in [1.165, 1.54) is 77.0 Å². The first kappa shape index (κ1) is 52.2. The monoisotopic (exact) mass is 785 g/mol. The van der Waals surface area contributed by atoms with Crippen LogP contribution in [-0.4, -0.2) is 74.9 Å². The van der Waals surface area contributed by atoms with Crippen LogP contribution in [0.4, 0.5) is 0 Å². The van der Waals surface area contributed by atoms with Crippen LogP contribution >= 0.6 is 7.82 Å². The van der Waals surface area contributed by atoms with Crippen molar-refractivity contribution in [1.29, 1.82) is 0 Å². The number of ether oxygens (including phenoxy) is 2. The summed E-state index contributed by atoms with van der Waals surface area (Å²) < 4.78 is 34.3. The molecule has 54 heavy (non-hydrogen) atoms. The van der Waals surface area contributed by atoms with Gasteiger partial charge < -0.3 is 18.9 Å². The lowest BCUT2D eigenvalue weighted by molar-refractivity contribution is -0.870. The molecule has 0 saturated carbocycles. The minimum Gasteiger partial charge on any atom is -0.462 e. The van der Waals surface area contributed by atoms with E-state index < -0.39 is 26.5 Å². The molecule has 316 valence electrons. The third-order valence-electron chi connectivity index (χ3n) is 9.14. The Morgan fingerprint density at radius 3 is 1.52 bits per heavy atom. The molecule has 0 aliphatic heterocycles. The molecule has 2 atom stereocenters. The molecule has 9 nitrogen and oxygen atoms in total. The fourth-order valence-corrected chi connectivity index (χ4v) is 6.43. The molecule has 0 fully saturated rings. The maximum atomic E-state index is 12.7. The number of nitrogens with zero attached hydrogens (tertiary/aromatic N) is 1. The average molecular weight is 785 g/mol. The van der Waals surface area contributed by atoms with E-state index in [2.05, 4.69) is 50.3 Å². The average Bonchev–Trinajstić information content (AvgIpc) is 3.12. The van der Waals surface area contributed by atoms with Gasteiger partial charge in [-0.15, -0.1) is 0 Å². The predicted molar refractivity (Wildman–Crippen MR) is 224 cm³/mol. The van der Waals surface area contributed by atoms with Gasteiger partial charge in [-0.05, 0) is 70.6 Å². The summed E-state index contributed by atoms with van der Waals surface area (Å²) in [6.45, 7) is 4.36. The maximum Gasteiger partial charge on any atom is 0.472 e. The van der Waals surface area contributed by atoms with Crippen LogP contribution < -0.4 is 0 Å². The second-order valence-corrected chi connectivity index (χ2v) is 17.2. The van der Waals surface area contributed by atoms with Crippen LogP contribution in [0.25, 0.3) is 0 Å². The molecule has 0 aromatic carbocycles. The molecule has 0 aromatic rings. The molecule has 0 bridgehead atoms. The number of likely N-dealkylation sites (N-methyl/N-ethyl adjacent to an activating group) is 1. The van der Waals surface area contributed by atoms with Gasteiger partial charge in [0.05, 0.1) is 27.7 Å². The highest BCUT2D eigenvalue weighted by Gasteiger charge is 2.27. The summed E-state index contributed by atoms with van der Waals surface area (Å²) in [5.74, 6) is -0.818. The van der Waals surface area contributed by atoms with Gasteiger partial charge in [-0.3, -0.25) is 18.6 Å². The molecule has 0 aliphatic rings. The van der Waals surface area contributed by atoms with Crippen molar-refractivity contribution >= 4 is 19.8 Å². The Morgan fingerprint density at radius 2 is 1.00 bits per heavy atom. The van der Waals surface area contributed by atoms with Gasteiger partial charge in [0.25, 0.3) is 0 Å². The van der Waals surface area contributed by atoms with Crippen LogP contribution in [0.5, 0.6) is 0 Å². The first-order valence-corrected chi connectivity index (χ1v) is 23.2. The van der Waals surface area contributed by atoms with E-state index in [0.29, 0.717) is 17.4 Å². The second kappa shape index (κ2) is 36.8. The number of hydrogen-bond acceptors (Lipinski definition) is 7. The number of esters is 2. The number of rotatable bonds is 39. The first-order chi connectivity index (χ1) is 26.0. The van der Waals surface area contributed by atoms with E-state index in [-0.39, 0.29) is 32.0 Å². The third-order valence-corrected chi connectivity index (χ3v) is 10.1. The molecular formula is C44H83NO8P+. The highest BCUT2D eigenvalue weighted by Crippen LogP contribution is 2.43. The van der Waals surface area contributed by atoms with E-state index in [1.807, 2.05) is 21.1 Å². The van der Waals surface area contributed by atoms with Gasteiger partial charge in [-0.2, -0.15) is 0 Å². The number of carbonyl (C=O) groups is 2. The fourth-order valence-electron chi connectivity index (χ4n) is 5.68. The molecule has 0 radical (unpaired) electrons. The molecule has 0 aromatic heterocycles. The molecule has 0 amide bonds. The van der Waals surface area contributed by atoms with Crippen molar-refractivity contribution in [2.45, 2.75) is 187 Å². The van der Waals surface area contributed by atoms with Crippen LogP contribution in [0.1, 0.15) is 181 Å². The van der Waals surface area contributed by atoms with Gasteiger partial charge in [-0.25, -0.2) is 4.57 Å². The Morgan fingerprint density at radius 1 is 0.574 bits per heavy atom. The van der Waals surface area contributed by atoms with Crippen LogP contribution in [0.15, 0.2) is 36.5 Å². The van der Waals surface area contributed by atoms with Crippen molar-refractivity contribution in [3.63, 3.8) is 0 Å². The van der Waals surface area contributed by atoms with Gasteiger partial charge in [-0.1, -0.05) is 134 Å². The molecule has 0 heterocycles. The summed E-state index contributed by atoms with van der Waals surface area (Å²) in [5, 5.41) is 0. The molecule has 10 heteroatoms. The van der Waals surface area contributed by atoms with Crippen LogP contribution in [0, 0.1) is 0 Å². The first-order valence-electron chi connectivity index (χ1n) is 21.7. The zero-order chi connectivity index (χ0) is 40.0. The predicted octanol–water partition coefficient (Wildman–Crippen LogP) is 12.1. The van der Waals surface area contributed by atoms with Crippen LogP contribution in [0.2, 0.25) is 0 Å². The second-order valence-electron chi connectivity index (χ2n) is 15.7. The van der Waals surface area contributed by atoms with E-state index in [1.54, 1.807) is 0 Å². The van der Waals surface area contributed by atoms with E-state index in [9.17, 15) is 19.0 Å². The summed E-state index contributed by atoms with van der Waals surface area (Å²) in [4.78, 5) is 35.3. The van der Waals surface area contributed by atoms with Crippen molar-refractivity contribution in [2.24, 2.45) is 0 Å². The lowest BCUT2D eigenvalue weighted by Crippen LogP contribution is -2.37. The van der Waals surface area contributed by atoms with Crippen molar-refractivity contribution in [2.75, 3.05) is 47.5 Å². The Balaban J connectivity index is 4.39. The summed E-state index contributed by atoms with van der Waals surface area (Å²) in [7, 11) is 1.46. The third kappa shape index (κ3) is 39.9. The number of allylic oxidation sites excluding steroid dienone is 6. The Bertz CT molecular complexity index is 1020. The molecule has 0 aliphatic carbocycles. The van der Waals surface area contributed by atoms with Gasteiger partial charge in [0.15, 0.2) is 6.10 Å². The molecule has 0 saturated heterocycles. The highest BCUT2D eigenvalue weighted by atomic mass is 31.2. The van der Waals surface area contributed by atoms with Crippen molar-refractivity contribution < 1.29 is 42.1 Å². The van der Waals surface area contributed by atoms with Crippen molar-refractivity contribution in [3.05, 3.63) is 36.5 Å². The zero-order valence-corrected chi connectivity index (χ0v) is 36.3. The molecule has 0 spiro atoms. The normalized spacial score (nSPS) is 14.0. The molecular weight excluding hydrogens is 701 g/mol. The topological polar surface area (TPSA) is 108 Å². The number of unbranched alkanes of at least 4 members (excludes halogenated alkanes) is 19. The number of hydrogen-bond donors (Lipinski definition) is 1. The number of carbonyl (C=O) groups excluding carboxylic acids is 2. The molecule has 1 N–H and O–H groups in total. The van der Waals surface area contributed by atoms with Gasteiger partial charge >= 0.3 is 19.8 Å². The van der Waals surface area contributed by atoms with Crippen LogP contribution in [0.3, 0.4) is 0 Å². The van der Waals surface area contributed by atoms with Crippen molar-refractivity contribution in [1.82, 2.24) is 0 Å². The summed E-state index contributed by atoms with van der Waals surface area (Å²) in [5.41, 5.74) is 0. The van der Waals surface area contributed by atoms with E-state index >= 15 is 0 Å². The Kier molecular flexibility index (Phi) is 35.6. The minimum absolute atomic E-state index is 0.0285. The summed E-state index contributed by atoms with van der Waals surface area (Å²) in [6.07, 6.45) is 40.4. The Labute approximate surface area is 331 Å². The van der Waals surface area contributed by atoms with Gasteiger partial charge in [0.1, 0.15) is 19.8 Å². The van der Waals surface area contributed by atoms with E-state index in [0.717, 1.165) is 70.6 Å². The Hall–Kier alpha value is -1.77. The summed E-state index contributed by atoms with van der Waals surface area (Å²) in [6, 6.07) is 0. The number of phosphoric ester groups is 1. The quantitative estimate of drug-likeness (QED) is 0.0216. The molecule has 2 unspecified atom stereocenters. The van der Waals surface area contributed by atoms with E-state index in [4.69, 9.17) is 18.5 Å². The molecule has 0 rings (SSSR count). The highest BCUT2D eigenvalue weighted by molar-refractivity contribution is 7.47. The van der Waals surface area contributed by atoms with Crippen molar-refractivity contribution in [3.8, 4) is 0 Å². The van der Waals surface area contributed by atoms with Gasteiger partial charge in [0, 0.05) is 12.8 Å². The zero-order valence-electron chi connectivity index (χ0n) is 35.5. The fraction of sp³-hybridized carbons (Fsp3) is 0.818. The van der Waals surface area contributed by atoms with Gasteiger partial charge in [0.2, 0.25) is 0 Å². The lowest BCUT2D eigenvalue weighted by Gasteiger charge is -2.24. The largest absolute Gasteiger partial charge is 0.472 e.